The third-order valence-electron chi connectivity index (χ3n) is 6.21. The number of aromatic nitrogens is 3. The molecule has 3 aromatic heterocycles. The quantitative estimate of drug-likeness (QED) is 0.311. The minimum absolute atomic E-state index is 0.0302. The van der Waals surface area contributed by atoms with Crippen LogP contribution >= 0.6 is 0 Å². The number of furan rings is 1. The van der Waals surface area contributed by atoms with Crippen molar-refractivity contribution in [3.63, 3.8) is 0 Å². The Morgan fingerprint density at radius 3 is 2.50 bits per heavy atom. The van der Waals surface area contributed by atoms with Crippen molar-refractivity contribution in [3.8, 4) is 11.4 Å². The van der Waals surface area contributed by atoms with Crippen LogP contribution in [0, 0.1) is 0 Å². The zero-order chi connectivity index (χ0) is 28.3. The summed E-state index contributed by atoms with van der Waals surface area (Å²) in [6, 6.07) is 7.07. The first-order chi connectivity index (χ1) is 19.2. The maximum Gasteiger partial charge on any atom is 0.420 e. The highest BCUT2D eigenvalue weighted by Gasteiger charge is 2.35. The Bertz CT molecular complexity index is 1560. The minimum Gasteiger partial charge on any atom is -0.459 e. The summed E-state index contributed by atoms with van der Waals surface area (Å²) < 4.78 is 47.3. The summed E-state index contributed by atoms with van der Waals surface area (Å²) in [5.41, 5.74) is 5.18. The van der Waals surface area contributed by atoms with E-state index in [1.165, 1.54) is 42.9 Å². The van der Waals surface area contributed by atoms with Crippen LogP contribution in [0.3, 0.4) is 0 Å². The number of nitrogen functional groups attached to an aromatic ring is 1. The molecule has 1 aromatic carbocycles. The van der Waals surface area contributed by atoms with Crippen molar-refractivity contribution in [2.75, 3.05) is 31.9 Å². The molecular formula is C27H24F3N7O3. The molecule has 0 spiro atoms. The summed E-state index contributed by atoms with van der Waals surface area (Å²) >= 11 is 0. The summed E-state index contributed by atoms with van der Waals surface area (Å²) in [4.78, 5) is 38.8. The SMILES string of the molecule is Nc1ccc(/C=C/C(=O)NCc2cc3cc(-c4ncc(C(=O)N5CCNCC5)cn4)cc(C(F)(F)F)c3o2)cn1. The van der Waals surface area contributed by atoms with Gasteiger partial charge in [-0.1, -0.05) is 0 Å². The van der Waals surface area contributed by atoms with E-state index in [9.17, 15) is 22.8 Å². The van der Waals surface area contributed by atoms with Crippen molar-refractivity contribution in [1.29, 1.82) is 0 Å². The molecule has 4 heterocycles. The molecule has 1 fully saturated rings. The Morgan fingerprint density at radius 2 is 1.82 bits per heavy atom. The van der Waals surface area contributed by atoms with E-state index in [1.807, 2.05) is 0 Å². The van der Waals surface area contributed by atoms with Crippen LogP contribution in [-0.2, 0) is 17.5 Å². The van der Waals surface area contributed by atoms with Crippen molar-refractivity contribution in [2.24, 2.45) is 0 Å². The van der Waals surface area contributed by atoms with Crippen LogP contribution in [0.4, 0.5) is 19.0 Å². The molecule has 0 saturated carbocycles. The fourth-order valence-electron chi connectivity index (χ4n) is 4.19. The second-order valence-corrected chi connectivity index (χ2v) is 9.06. The van der Waals surface area contributed by atoms with Crippen LogP contribution < -0.4 is 16.4 Å². The van der Waals surface area contributed by atoms with Gasteiger partial charge in [-0.15, -0.1) is 0 Å². The summed E-state index contributed by atoms with van der Waals surface area (Å²) in [6.07, 6.45) is 2.19. The summed E-state index contributed by atoms with van der Waals surface area (Å²) in [5, 5.41) is 5.91. The lowest BCUT2D eigenvalue weighted by Crippen LogP contribution is -2.46. The number of hydrogen-bond acceptors (Lipinski definition) is 8. The van der Waals surface area contributed by atoms with Crippen molar-refractivity contribution < 1.29 is 27.2 Å². The number of nitrogens with one attached hydrogen (secondary N) is 2. The van der Waals surface area contributed by atoms with Crippen LogP contribution in [0.2, 0.25) is 0 Å². The average Bonchev–Trinajstić information content (AvgIpc) is 3.38. The van der Waals surface area contributed by atoms with Crippen molar-refractivity contribution in [1.82, 2.24) is 30.5 Å². The summed E-state index contributed by atoms with van der Waals surface area (Å²) in [7, 11) is 0. The van der Waals surface area contributed by atoms with Crippen molar-refractivity contribution in [3.05, 3.63) is 77.4 Å². The Labute approximate surface area is 226 Å². The van der Waals surface area contributed by atoms with E-state index in [2.05, 4.69) is 25.6 Å². The first kappa shape index (κ1) is 26.8. The van der Waals surface area contributed by atoms with E-state index in [1.54, 1.807) is 17.0 Å². The topological polar surface area (TPSA) is 139 Å². The number of carbonyl (C=O) groups excluding carboxylic acids is 2. The van der Waals surface area contributed by atoms with E-state index in [-0.39, 0.29) is 46.1 Å². The van der Waals surface area contributed by atoms with Gasteiger partial charge in [0, 0.05) is 61.8 Å². The van der Waals surface area contributed by atoms with Gasteiger partial charge in [-0.25, -0.2) is 15.0 Å². The molecule has 1 aliphatic rings. The number of pyridine rings is 1. The number of piperazine rings is 1. The van der Waals surface area contributed by atoms with Gasteiger partial charge in [-0.3, -0.25) is 9.59 Å². The van der Waals surface area contributed by atoms with Crippen LogP contribution in [0.1, 0.15) is 27.2 Å². The van der Waals surface area contributed by atoms with Gasteiger partial charge >= 0.3 is 6.18 Å². The van der Waals surface area contributed by atoms with E-state index in [4.69, 9.17) is 10.2 Å². The monoisotopic (exact) mass is 551 g/mol. The highest BCUT2D eigenvalue weighted by atomic mass is 19.4. The zero-order valence-corrected chi connectivity index (χ0v) is 21.0. The molecule has 0 aliphatic carbocycles. The van der Waals surface area contributed by atoms with Crippen LogP contribution in [0.15, 0.2) is 59.4 Å². The first-order valence-electron chi connectivity index (χ1n) is 12.3. The second kappa shape index (κ2) is 11.1. The molecule has 0 atom stereocenters. The minimum atomic E-state index is -4.72. The summed E-state index contributed by atoms with van der Waals surface area (Å²) in [5.74, 6) is -0.203. The summed E-state index contributed by atoms with van der Waals surface area (Å²) in [6.45, 7) is 2.32. The first-order valence-corrected chi connectivity index (χ1v) is 12.3. The fraction of sp³-hybridized carbons (Fsp3) is 0.222. The lowest BCUT2D eigenvalue weighted by atomic mass is 10.1. The maximum absolute atomic E-state index is 14.0. The molecule has 4 N–H and O–H groups in total. The van der Waals surface area contributed by atoms with E-state index in [0.717, 1.165) is 6.07 Å². The largest absolute Gasteiger partial charge is 0.459 e. The number of halogens is 3. The number of fused-ring (bicyclic) bond motifs is 1. The second-order valence-electron chi connectivity index (χ2n) is 9.06. The Kier molecular flexibility index (Phi) is 7.47. The van der Waals surface area contributed by atoms with Gasteiger partial charge < -0.3 is 25.7 Å². The lowest BCUT2D eigenvalue weighted by molar-refractivity contribution is -0.136. The molecule has 13 heteroatoms. The number of nitrogens with zero attached hydrogens (tertiary/aromatic N) is 4. The molecule has 0 bridgehead atoms. The molecule has 0 radical (unpaired) electrons. The number of nitrogens with two attached hydrogens (primary N) is 1. The molecule has 4 aromatic rings. The average molecular weight is 552 g/mol. The number of anilines is 1. The van der Waals surface area contributed by atoms with E-state index in [0.29, 0.717) is 37.6 Å². The predicted molar refractivity (Wildman–Crippen MR) is 141 cm³/mol. The fourth-order valence-corrected chi connectivity index (χ4v) is 4.19. The van der Waals surface area contributed by atoms with Gasteiger partial charge in [-0.2, -0.15) is 13.2 Å². The van der Waals surface area contributed by atoms with Crippen molar-refractivity contribution >= 4 is 34.7 Å². The molecular weight excluding hydrogens is 527 g/mol. The normalized spacial score (nSPS) is 14.1. The molecule has 206 valence electrons. The smallest absolute Gasteiger partial charge is 0.420 e. The highest BCUT2D eigenvalue weighted by molar-refractivity contribution is 5.94. The molecule has 1 saturated heterocycles. The number of rotatable bonds is 6. The van der Waals surface area contributed by atoms with Crippen LogP contribution in [0.25, 0.3) is 28.4 Å². The lowest BCUT2D eigenvalue weighted by Gasteiger charge is -2.27. The molecule has 2 amide bonds. The standard InChI is InChI=1S/C27H24F3N7O3/c28-27(29,30)21-11-18(25-35-13-19(14-36-25)26(39)37-7-5-32-6-8-37)9-17-10-20(40-24(17)21)15-34-23(38)4-2-16-1-3-22(31)33-12-16/h1-4,9-14,32H,5-8,15H2,(H2,31,33)(H,34,38)/b4-2+. The Morgan fingerprint density at radius 1 is 1.07 bits per heavy atom. The number of amides is 2. The molecule has 1 aliphatic heterocycles. The molecule has 0 unspecified atom stereocenters. The number of hydrogen-bond donors (Lipinski definition) is 3. The van der Waals surface area contributed by atoms with Crippen LogP contribution in [-0.4, -0.2) is 57.8 Å². The predicted octanol–water partition coefficient (Wildman–Crippen LogP) is 3.26. The number of benzene rings is 1. The highest BCUT2D eigenvalue weighted by Crippen LogP contribution is 2.38. The zero-order valence-electron chi connectivity index (χ0n) is 21.0. The van der Waals surface area contributed by atoms with Gasteiger partial charge in [0.2, 0.25) is 5.91 Å². The van der Waals surface area contributed by atoms with Gasteiger partial charge in [0.05, 0.1) is 17.7 Å². The third-order valence-corrected chi connectivity index (χ3v) is 6.21. The number of alkyl halides is 3. The van der Waals surface area contributed by atoms with E-state index < -0.39 is 17.6 Å². The van der Waals surface area contributed by atoms with Crippen LogP contribution in [0.5, 0.6) is 0 Å². The molecule has 40 heavy (non-hydrogen) atoms. The molecule has 5 rings (SSSR count). The Hall–Kier alpha value is -4.78. The third kappa shape index (κ3) is 6.10. The maximum atomic E-state index is 14.0. The van der Waals surface area contributed by atoms with Gasteiger partial charge in [0.15, 0.2) is 5.82 Å². The number of carbonyl (C=O) groups is 2. The van der Waals surface area contributed by atoms with Gasteiger partial charge in [0.1, 0.15) is 17.2 Å². The van der Waals surface area contributed by atoms with Gasteiger partial charge in [-0.05, 0) is 42.0 Å². The van der Waals surface area contributed by atoms with Gasteiger partial charge in [0.25, 0.3) is 5.91 Å². The molecule has 10 nitrogen and oxygen atoms in total. The van der Waals surface area contributed by atoms with Crippen molar-refractivity contribution in [2.45, 2.75) is 12.7 Å². The van der Waals surface area contributed by atoms with E-state index >= 15 is 0 Å². The Balaban J connectivity index is 1.35.